The van der Waals surface area contributed by atoms with E-state index in [-0.39, 0.29) is 0 Å². The van der Waals surface area contributed by atoms with Crippen LogP contribution in [0.4, 0.5) is 17.6 Å². The molecule has 0 N–H and O–H groups in total. The second-order valence-electron chi connectivity index (χ2n) is 9.09. The molecule has 1 aliphatic carbocycles. The average molecular weight is 451 g/mol. The van der Waals surface area contributed by atoms with E-state index in [2.05, 4.69) is 23.8 Å². The zero-order valence-corrected chi connectivity index (χ0v) is 18.9. The molecule has 0 atom stereocenters. The van der Waals surface area contributed by atoms with Gasteiger partial charge in [0.25, 0.3) is 0 Å². The van der Waals surface area contributed by atoms with Crippen LogP contribution in [0.15, 0.2) is 42.5 Å². The fourth-order valence-corrected chi connectivity index (χ4v) is 4.83. The molecule has 0 radical (unpaired) electrons. The van der Waals surface area contributed by atoms with E-state index in [4.69, 9.17) is 0 Å². The monoisotopic (exact) mass is 450 g/mol. The molecule has 0 aliphatic heterocycles. The van der Waals surface area contributed by atoms with E-state index in [1.807, 2.05) is 12.1 Å². The van der Waals surface area contributed by atoms with Crippen LogP contribution in [-0.2, 0) is 0 Å². The Morgan fingerprint density at radius 3 is 2.06 bits per heavy atom. The first-order valence-corrected chi connectivity index (χ1v) is 12.0. The topological polar surface area (TPSA) is 9.23 Å². The summed E-state index contributed by atoms with van der Waals surface area (Å²) in [6.07, 6.45) is 9.56. The normalized spacial score (nSPS) is 19.2. The van der Waals surface area contributed by atoms with Crippen molar-refractivity contribution in [1.29, 1.82) is 0 Å². The summed E-state index contributed by atoms with van der Waals surface area (Å²) in [5, 5.41) is 0. The Labute approximate surface area is 189 Å². The lowest BCUT2D eigenvalue weighted by molar-refractivity contribution is -0.275. The maximum absolute atomic E-state index is 14.0. The van der Waals surface area contributed by atoms with E-state index in [0.717, 1.165) is 23.6 Å². The van der Waals surface area contributed by atoms with Crippen molar-refractivity contribution in [3.63, 3.8) is 0 Å². The SMILES string of the molecule is CCCCCCCC[C@H]1CC[C@H](c2ccc(-c3ccc(OC(F)(F)F)c(F)c3)cc2)CC1. The Balaban J connectivity index is 1.48. The Morgan fingerprint density at radius 2 is 1.44 bits per heavy atom. The minimum Gasteiger partial charge on any atom is -0.403 e. The molecule has 0 heterocycles. The van der Waals surface area contributed by atoms with Gasteiger partial charge in [0.15, 0.2) is 11.6 Å². The molecule has 0 bridgehead atoms. The van der Waals surface area contributed by atoms with Crippen molar-refractivity contribution in [2.45, 2.75) is 89.8 Å². The van der Waals surface area contributed by atoms with Crippen molar-refractivity contribution in [3.05, 3.63) is 53.8 Å². The lowest BCUT2D eigenvalue weighted by atomic mass is 9.77. The van der Waals surface area contributed by atoms with Crippen LogP contribution in [0.25, 0.3) is 11.1 Å². The summed E-state index contributed by atoms with van der Waals surface area (Å²) in [6, 6.07) is 11.6. The van der Waals surface area contributed by atoms with Gasteiger partial charge in [-0.25, -0.2) is 4.39 Å². The second kappa shape index (κ2) is 11.7. The predicted molar refractivity (Wildman–Crippen MR) is 121 cm³/mol. The number of hydrogen-bond acceptors (Lipinski definition) is 1. The van der Waals surface area contributed by atoms with Crippen molar-refractivity contribution in [2.24, 2.45) is 5.92 Å². The van der Waals surface area contributed by atoms with Gasteiger partial charge in [0.1, 0.15) is 0 Å². The molecule has 2 aromatic rings. The molecule has 0 spiro atoms. The summed E-state index contributed by atoms with van der Waals surface area (Å²) in [5.41, 5.74) is 2.61. The van der Waals surface area contributed by atoms with Gasteiger partial charge in [0.2, 0.25) is 0 Å². The van der Waals surface area contributed by atoms with Crippen LogP contribution in [0.1, 0.15) is 89.0 Å². The van der Waals surface area contributed by atoms with Crippen molar-refractivity contribution >= 4 is 0 Å². The van der Waals surface area contributed by atoms with Gasteiger partial charge in [0.05, 0.1) is 0 Å². The molecular weight excluding hydrogens is 416 g/mol. The van der Waals surface area contributed by atoms with Crippen molar-refractivity contribution in [3.8, 4) is 16.9 Å². The third kappa shape index (κ3) is 7.53. The van der Waals surface area contributed by atoms with E-state index in [1.54, 1.807) is 0 Å². The van der Waals surface area contributed by atoms with Crippen LogP contribution < -0.4 is 4.74 Å². The van der Waals surface area contributed by atoms with Gasteiger partial charge in [-0.2, -0.15) is 0 Å². The highest BCUT2D eigenvalue weighted by atomic mass is 19.4. The lowest BCUT2D eigenvalue weighted by Gasteiger charge is -2.29. The molecule has 5 heteroatoms. The predicted octanol–water partition coefficient (Wildman–Crippen LogP) is 9.42. The minimum absolute atomic E-state index is 0.534. The molecule has 32 heavy (non-hydrogen) atoms. The van der Waals surface area contributed by atoms with Crippen LogP contribution in [0, 0.1) is 11.7 Å². The van der Waals surface area contributed by atoms with Crippen LogP contribution in [0.2, 0.25) is 0 Å². The summed E-state index contributed by atoms with van der Waals surface area (Å²) < 4.78 is 54.7. The second-order valence-corrected chi connectivity index (χ2v) is 9.09. The fraction of sp³-hybridized carbons (Fsp3) is 0.556. The summed E-state index contributed by atoms with van der Waals surface area (Å²) in [5.74, 6) is -0.413. The maximum atomic E-state index is 14.0. The van der Waals surface area contributed by atoms with Crippen molar-refractivity contribution in [2.75, 3.05) is 0 Å². The summed E-state index contributed by atoms with van der Waals surface area (Å²) in [4.78, 5) is 0. The molecule has 0 amide bonds. The Kier molecular flexibility index (Phi) is 9.01. The van der Waals surface area contributed by atoms with E-state index in [9.17, 15) is 17.6 Å². The van der Waals surface area contributed by atoms with E-state index >= 15 is 0 Å². The number of alkyl halides is 3. The smallest absolute Gasteiger partial charge is 0.403 e. The molecule has 176 valence electrons. The molecule has 1 saturated carbocycles. The minimum atomic E-state index is -4.91. The Hall–Kier alpha value is -2.04. The van der Waals surface area contributed by atoms with Crippen LogP contribution in [0.3, 0.4) is 0 Å². The molecule has 1 fully saturated rings. The molecule has 0 unspecified atom stereocenters. The fourth-order valence-electron chi connectivity index (χ4n) is 4.83. The van der Waals surface area contributed by atoms with Gasteiger partial charge in [-0.15, -0.1) is 13.2 Å². The van der Waals surface area contributed by atoms with Crippen molar-refractivity contribution < 1.29 is 22.3 Å². The first-order chi connectivity index (χ1) is 15.4. The Bertz CT molecular complexity index is 821. The number of benzene rings is 2. The van der Waals surface area contributed by atoms with Gasteiger partial charge >= 0.3 is 6.36 Å². The molecule has 1 nitrogen and oxygen atoms in total. The van der Waals surface area contributed by atoms with Gasteiger partial charge in [-0.3, -0.25) is 0 Å². The van der Waals surface area contributed by atoms with Crippen LogP contribution in [-0.4, -0.2) is 6.36 Å². The summed E-state index contributed by atoms with van der Waals surface area (Å²) in [6.45, 7) is 2.25. The number of unbranched alkanes of at least 4 members (excludes halogenated alkanes) is 5. The van der Waals surface area contributed by atoms with E-state index in [0.29, 0.717) is 11.5 Å². The standard InChI is InChI=1S/C27H34F4O/c1-2-3-4-5-6-7-8-20-9-11-21(12-10-20)22-13-15-23(16-14-22)24-17-18-26(25(28)19-24)32-27(29,30)31/h13-21H,2-12H2,1H3/t20-,21-. The number of ether oxygens (including phenoxy) is 1. The Morgan fingerprint density at radius 1 is 0.812 bits per heavy atom. The lowest BCUT2D eigenvalue weighted by Crippen LogP contribution is -2.17. The van der Waals surface area contributed by atoms with Gasteiger partial charge < -0.3 is 4.74 Å². The summed E-state index contributed by atoms with van der Waals surface area (Å²) >= 11 is 0. The zero-order chi connectivity index (χ0) is 23.0. The van der Waals surface area contributed by atoms with E-state index in [1.165, 1.54) is 82.3 Å². The molecule has 0 aromatic heterocycles. The summed E-state index contributed by atoms with van der Waals surface area (Å²) in [7, 11) is 0. The highest BCUT2D eigenvalue weighted by Gasteiger charge is 2.32. The zero-order valence-electron chi connectivity index (χ0n) is 18.9. The van der Waals surface area contributed by atoms with E-state index < -0.39 is 17.9 Å². The van der Waals surface area contributed by atoms with Crippen LogP contribution >= 0.6 is 0 Å². The first kappa shape index (κ1) is 24.6. The molecule has 3 rings (SSSR count). The van der Waals surface area contributed by atoms with Crippen LogP contribution in [0.5, 0.6) is 5.75 Å². The first-order valence-electron chi connectivity index (χ1n) is 12.0. The quantitative estimate of drug-likeness (QED) is 0.259. The highest BCUT2D eigenvalue weighted by Crippen LogP contribution is 2.38. The van der Waals surface area contributed by atoms with Gasteiger partial charge in [0, 0.05) is 0 Å². The molecule has 1 aliphatic rings. The third-order valence-corrected chi connectivity index (χ3v) is 6.69. The third-order valence-electron chi connectivity index (χ3n) is 6.69. The maximum Gasteiger partial charge on any atom is 0.573 e. The number of hydrogen-bond donors (Lipinski definition) is 0. The molecule has 2 aromatic carbocycles. The number of rotatable bonds is 10. The molecular formula is C27H34F4O. The van der Waals surface area contributed by atoms with Crippen molar-refractivity contribution in [1.82, 2.24) is 0 Å². The highest BCUT2D eigenvalue weighted by molar-refractivity contribution is 5.64. The largest absolute Gasteiger partial charge is 0.573 e. The van der Waals surface area contributed by atoms with Gasteiger partial charge in [-0.05, 0) is 66.3 Å². The van der Waals surface area contributed by atoms with Gasteiger partial charge in [-0.1, -0.05) is 82.2 Å². The average Bonchev–Trinajstić information content (AvgIpc) is 2.77. The molecule has 0 saturated heterocycles. The number of halogens is 4.